The lowest BCUT2D eigenvalue weighted by molar-refractivity contribution is -0.134. The van der Waals surface area contributed by atoms with Crippen LogP contribution in [0.15, 0.2) is 35.3 Å². The van der Waals surface area contributed by atoms with Crippen LogP contribution < -0.4 is 16.0 Å². The second-order valence-electron chi connectivity index (χ2n) is 8.50. The maximum Gasteiger partial charge on any atom is 0.272 e. The van der Waals surface area contributed by atoms with Crippen LogP contribution in [0.4, 0.5) is 18.9 Å². The maximum atomic E-state index is 15.5. The number of hydrogen-bond acceptors (Lipinski definition) is 5. The van der Waals surface area contributed by atoms with Crippen molar-refractivity contribution in [2.75, 3.05) is 0 Å². The van der Waals surface area contributed by atoms with E-state index in [1.54, 1.807) is 25.2 Å². The molecule has 8 nitrogen and oxygen atoms in total. The molecule has 184 valence electrons. The molecule has 1 saturated carbocycles. The number of nitrogens with one attached hydrogen (secondary N) is 1. The standard InChI is InChI=1S/C24H18ClF3N6O2/c1-30-21-18(36-12-7-24(27,28)8-12)6-16(25)20(26)19(21)22-15(10-31-34(22)2)11-3-4-13-14(5-11)17(9-29)32-33-23(13)35/h3-6,10,12H,7-9,29H2,2H3,(H,33,35). The van der Waals surface area contributed by atoms with Crippen LogP contribution in [-0.2, 0) is 13.6 Å². The molecule has 2 aromatic heterocycles. The summed E-state index contributed by atoms with van der Waals surface area (Å²) >= 11 is 6.16. The van der Waals surface area contributed by atoms with Gasteiger partial charge < -0.3 is 10.5 Å². The molecule has 4 aromatic rings. The maximum absolute atomic E-state index is 15.5. The van der Waals surface area contributed by atoms with Gasteiger partial charge in [0.2, 0.25) is 5.69 Å². The first kappa shape index (κ1) is 23.8. The number of hydrogen-bond donors (Lipinski definition) is 2. The molecule has 0 bridgehead atoms. The number of alkyl halides is 2. The Kier molecular flexibility index (Phi) is 5.73. The minimum Gasteiger partial charge on any atom is -0.501 e. The molecule has 1 aliphatic rings. The first-order chi connectivity index (χ1) is 17.1. The van der Waals surface area contributed by atoms with Crippen LogP contribution >= 0.6 is 11.6 Å². The van der Waals surface area contributed by atoms with Crippen molar-refractivity contribution in [1.29, 1.82) is 0 Å². The molecule has 0 amide bonds. The number of rotatable bonds is 5. The summed E-state index contributed by atoms with van der Waals surface area (Å²) in [5.74, 6) is -3.79. The smallest absolute Gasteiger partial charge is 0.272 e. The molecule has 0 atom stereocenters. The Morgan fingerprint density at radius 2 is 2.08 bits per heavy atom. The van der Waals surface area contributed by atoms with Crippen molar-refractivity contribution in [2.45, 2.75) is 31.4 Å². The topological polar surface area (TPSA) is 103 Å². The van der Waals surface area contributed by atoms with Crippen LogP contribution in [0.2, 0.25) is 5.02 Å². The molecule has 0 aliphatic heterocycles. The molecule has 5 rings (SSSR count). The molecule has 2 aromatic carbocycles. The Balaban J connectivity index is 1.69. The number of aromatic nitrogens is 4. The molecule has 36 heavy (non-hydrogen) atoms. The number of ether oxygens (including phenoxy) is 1. The van der Waals surface area contributed by atoms with E-state index in [4.69, 9.17) is 28.6 Å². The highest BCUT2D eigenvalue weighted by atomic mass is 35.5. The normalized spacial score (nSPS) is 15.0. The first-order valence-corrected chi connectivity index (χ1v) is 11.2. The highest BCUT2D eigenvalue weighted by molar-refractivity contribution is 6.31. The third kappa shape index (κ3) is 3.88. The minimum atomic E-state index is -2.83. The minimum absolute atomic E-state index is 0.0718. The molecule has 3 N–H and O–H groups in total. The molecular formula is C24H18ClF3N6O2. The molecule has 0 radical (unpaired) electrons. The second kappa shape index (κ2) is 8.65. The van der Waals surface area contributed by atoms with Crippen LogP contribution in [0, 0.1) is 12.4 Å². The summed E-state index contributed by atoms with van der Waals surface area (Å²) in [7, 11) is 1.57. The van der Waals surface area contributed by atoms with E-state index in [0.29, 0.717) is 27.6 Å². The number of fused-ring (bicyclic) bond motifs is 1. The number of aryl methyl sites for hydroxylation is 1. The van der Waals surface area contributed by atoms with E-state index in [2.05, 4.69) is 20.1 Å². The Bertz CT molecular complexity index is 1620. The third-order valence-electron chi connectivity index (χ3n) is 6.16. The van der Waals surface area contributed by atoms with Crippen LogP contribution in [-0.4, -0.2) is 32.0 Å². The lowest BCUT2D eigenvalue weighted by Gasteiger charge is -2.35. The van der Waals surface area contributed by atoms with E-state index < -0.39 is 30.7 Å². The van der Waals surface area contributed by atoms with E-state index in [-0.39, 0.29) is 39.8 Å². The molecule has 1 fully saturated rings. The van der Waals surface area contributed by atoms with Gasteiger partial charge in [0.25, 0.3) is 11.5 Å². The number of halogens is 4. The fourth-order valence-electron chi connectivity index (χ4n) is 4.37. The summed E-state index contributed by atoms with van der Waals surface area (Å²) in [6.45, 7) is 7.79. The van der Waals surface area contributed by atoms with Gasteiger partial charge in [-0.3, -0.25) is 9.48 Å². The Morgan fingerprint density at radius 3 is 2.75 bits per heavy atom. The molecule has 2 heterocycles. The first-order valence-electron chi connectivity index (χ1n) is 10.8. The average Bonchev–Trinajstić information content (AvgIpc) is 3.20. The predicted molar refractivity (Wildman–Crippen MR) is 128 cm³/mol. The third-order valence-corrected chi connectivity index (χ3v) is 6.44. The number of benzene rings is 2. The molecule has 1 aliphatic carbocycles. The van der Waals surface area contributed by atoms with Crippen molar-refractivity contribution in [3.63, 3.8) is 0 Å². The zero-order valence-corrected chi connectivity index (χ0v) is 19.5. The molecule has 12 heteroatoms. The summed E-state index contributed by atoms with van der Waals surface area (Å²) in [5, 5.41) is 11.2. The fraction of sp³-hybridized carbons (Fsp3) is 0.250. The van der Waals surface area contributed by atoms with Gasteiger partial charge in [-0.05, 0) is 23.8 Å². The van der Waals surface area contributed by atoms with Crippen LogP contribution in [0.5, 0.6) is 5.75 Å². The lowest BCUT2D eigenvalue weighted by Crippen LogP contribution is -2.43. The van der Waals surface area contributed by atoms with Crippen molar-refractivity contribution in [2.24, 2.45) is 12.8 Å². The SMILES string of the molecule is [C-]#[N+]c1c(OC2CC(F)(F)C2)cc(Cl)c(F)c1-c1c(-c2ccc3c(=O)[nH]nc(CN)c3c2)cnn1C. The highest BCUT2D eigenvalue weighted by Crippen LogP contribution is 2.48. The van der Waals surface area contributed by atoms with Gasteiger partial charge in [-0.2, -0.15) is 10.2 Å². The summed E-state index contributed by atoms with van der Waals surface area (Å²) in [4.78, 5) is 15.7. The molecule has 0 spiro atoms. The average molecular weight is 515 g/mol. The molecule has 0 unspecified atom stereocenters. The number of H-pyrrole nitrogens is 1. The van der Waals surface area contributed by atoms with Gasteiger partial charge >= 0.3 is 0 Å². The largest absolute Gasteiger partial charge is 0.501 e. The Hall–Kier alpha value is -3.88. The van der Waals surface area contributed by atoms with E-state index in [9.17, 15) is 13.6 Å². The van der Waals surface area contributed by atoms with Gasteiger partial charge in [-0.1, -0.05) is 17.7 Å². The number of aromatic amines is 1. The Labute approximate surface area is 207 Å². The van der Waals surface area contributed by atoms with E-state index in [1.165, 1.54) is 10.9 Å². The van der Waals surface area contributed by atoms with Crippen molar-refractivity contribution in [3.05, 3.63) is 68.8 Å². The summed E-state index contributed by atoms with van der Waals surface area (Å²) < 4.78 is 49.2. The van der Waals surface area contributed by atoms with Gasteiger partial charge in [-0.15, -0.1) is 0 Å². The zero-order chi connectivity index (χ0) is 25.8. The van der Waals surface area contributed by atoms with E-state index in [1.807, 2.05) is 0 Å². The summed E-state index contributed by atoms with van der Waals surface area (Å²) in [6, 6.07) is 6.07. The summed E-state index contributed by atoms with van der Waals surface area (Å²) in [6.07, 6.45) is -0.333. The number of nitrogens with zero attached hydrogens (tertiary/aromatic N) is 4. The fourth-order valence-corrected chi connectivity index (χ4v) is 4.56. The molecule has 0 saturated heterocycles. The highest BCUT2D eigenvalue weighted by Gasteiger charge is 2.47. The number of nitrogens with two attached hydrogens (primary N) is 1. The predicted octanol–water partition coefficient (Wildman–Crippen LogP) is 4.97. The van der Waals surface area contributed by atoms with Crippen molar-refractivity contribution in [3.8, 4) is 28.1 Å². The van der Waals surface area contributed by atoms with Crippen LogP contribution in [0.1, 0.15) is 18.5 Å². The van der Waals surface area contributed by atoms with Gasteiger partial charge in [0, 0.05) is 42.9 Å². The van der Waals surface area contributed by atoms with Gasteiger partial charge in [-0.25, -0.2) is 23.1 Å². The lowest BCUT2D eigenvalue weighted by atomic mass is 9.91. The van der Waals surface area contributed by atoms with Crippen LogP contribution in [0.25, 0.3) is 38.0 Å². The Morgan fingerprint density at radius 1 is 1.33 bits per heavy atom. The van der Waals surface area contributed by atoms with Gasteiger partial charge in [0.05, 0.1) is 34.6 Å². The molecular weight excluding hydrogens is 497 g/mol. The van der Waals surface area contributed by atoms with Crippen molar-refractivity contribution >= 4 is 28.1 Å². The van der Waals surface area contributed by atoms with E-state index in [0.717, 1.165) is 6.07 Å². The van der Waals surface area contributed by atoms with Crippen molar-refractivity contribution < 1.29 is 17.9 Å². The van der Waals surface area contributed by atoms with Crippen LogP contribution in [0.3, 0.4) is 0 Å². The zero-order valence-electron chi connectivity index (χ0n) is 18.8. The monoisotopic (exact) mass is 514 g/mol. The second-order valence-corrected chi connectivity index (χ2v) is 8.91. The van der Waals surface area contributed by atoms with Crippen molar-refractivity contribution in [1.82, 2.24) is 20.0 Å². The summed E-state index contributed by atoms with van der Waals surface area (Å²) in [5.41, 5.74) is 6.69. The quantitative estimate of drug-likeness (QED) is 0.366. The van der Waals surface area contributed by atoms with E-state index >= 15 is 4.39 Å². The van der Waals surface area contributed by atoms with Gasteiger partial charge in [0.1, 0.15) is 17.7 Å². The van der Waals surface area contributed by atoms with Gasteiger partial charge in [0.15, 0.2) is 0 Å².